The van der Waals surface area contributed by atoms with Crippen LogP contribution >= 0.6 is 15.9 Å². The number of benzene rings is 1. The van der Waals surface area contributed by atoms with Gasteiger partial charge in [0.25, 0.3) is 5.91 Å². The van der Waals surface area contributed by atoms with Crippen LogP contribution in [0.2, 0.25) is 0 Å². The lowest BCUT2D eigenvalue weighted by Gasteiger charge is -2.29. The number of halogens is 1. The van der Waals surface area contributed by atoms with E-state index in [1.54, 1.807) is 19.1 Å². The van der Waals surface area contributed by atoms with Crippen LogP contribution in [0.5, 0.6) is 0 Å². The predicted octanol–water partition coefficient (Wildman–Crippen LogP) is 1.62. The van der Waals surface area contributed by atoms with E-state index in [9.17, 15) is 15.0 Å². The van der Waals surface area contributed by atoms with Crippen molar-refractivity contribution in [3.63, 3.8) is 0 Å². The number of carbonyl (C=O) groups is 1. The molecule has 0 aliphatic rings. The molecular weight excluding hydrogens is 298 g/mol. The van der Waals surface area contributed by atoms with Crippen LogP contribution in [0.25, 0.3) is 0 Å². The number of aryl methyl sites for hydroxylation is 1. The highest BCUT2D eigenvalue weighted by Crippen LogP contribution is 2.17. The minimum atomic E-state index is -0.965. The third kappa shape index (κ3) is 3.54. The Hall–Kier alpha value is -0.910. The van der Waals surface area contributed by atoms with Gasteiger partial charge in [0.15, 0.2) is 0 Å². The molecule has 0 bridgehead atoms. The fourth-order valence-corrected chi connectivity index (χ4v) is 2.23. The van der Waals surface area contributed by atoms with E-state index in [2.05, 4.69) is 21.2 Å². The smallest absolute Gasteiger partial charge is 0.251 e. The monoisotopic (exact) mass is 315 g/mol. The molecule has 0 heterocycles. The second-order valence-electron chi connectivity index (χ2n) is 4.42. The van der Waals surface area contributed by atoms with Gasteiger partial charge in [-0.25, -0.2) is 0 Å². The van der Waals surface area contributed by atoms with Crippen molar-refractivity contribution in [1.29, 1.82) is 0 Å². The summed E-state index contributed by atoms with van der Waals surface area (Å²) in [6, 6.07) is 5.37. The Balaban J connectivity index is 2.94. The highest BCUT2D eigenvalue weighted by atomic mass is 79.9. The summed E-state index contributed by atoms with van der Waals surface area (Å²) in [5.41, 5.74) is 0.499. The van der Waals surface area contributed by atoms with Crippen LogP contribution in [0.1, 0.15) is 29.3 Å². The fraction of sp³-hybridized carbons (Fsp3) is 0.462. The molecule has 0 aliphatic carbocycles. The van der Waals surface area contributed by atoms with E-state index in [1.165, 1.54) is 0 Å². The number of rotatable bonds is 5. The van der Waals surface area contributed by atoms with Crippen LogP contribution in [-0.2, 0) is 0 Å². The molecule has 1 aromatic carbocycles. The summed E-state index contributed by atoms with van der Waals surface area (Å²) in [6.45, 7) is 3.11. The Kier molecular flexibility index (Phi) is 5.31. The summed E-state index contributed by atoms with van der Waals surface area (Å²) in [4.78, 5) is 12.1. The Bertz CT molecular complexity index is 402. The van der Waals surface area contributed by atoms with E-state index in [4.69, 9.17) is 0 Å². The van der Waals surface area contributed by atoms with Gasteiger partial charge in [0, 0.05) is 10.0 Å². The Morgan fingerprint density at radius 1 is 1.33 bits per heavy atom. The molecule has 0 spiro atoms. The standard InChI is InChI=1S/C13H18BrNO3/c1-3-13(7-16,8-17)15-12(18)10-4-9(2)5-11(14)6-10/h4-6,16-17H,3,7-8H2,1-2H3,(H,15,18). The molecule has 0 unspecified atom stereocenters. The fourth-order valence-electron chi connectivity index (χ4n) is 1.62. The molecule has 0 radical (unpaired) electrons. The lowest BCUT2D eigenvalue weighted by Crippen LogP contribution is -2.53. The average molecular weight is 316 g/mol. The van der Waals surface area contributed by atoms with Crippen LogP contribution in [0.15, 0.2) is 22.7 Å². The van der Waals surface area contributed by atoms with Crippen molar-refractivity contribution >= 4 is 21.8 Å². The summed E-state index contributed by atoms with van der Waals surface area (Å²) in [5.74, 6) is -0.302. The molecule has 0 aliphatic heterocycles. The summed E-state index contributed by atoms with van der Waals surface area (Å²) in [6.07, 6.45) is 0.457. The van der Waals surface area contributed by atoms with Gasteiger partial charge in [-0.15, -0.1) is 0 Å². The number of hydrogen-bond donors (Lipinski definition) is 3. The van der Waals surface area contributed by atoms with E-state index < -0.39 is 5.54 Å². The first-order valence-corrected chi connectivity index (χ1v) is 6.57. The summed E-state index contributed by atoms with van der Waals surface area (Å²) in [7, 11) is 0. The number of carbonyl (C=O) groups excluding carboxylic acids is 1. The van der Waals surface area contributed by atoms with Gasteiger partial charge < -0.3 is 15.5 Å². The number of hydrogen-bond acceptors (Lipinski definition) is 3. The van der Waals surface area contributed by atoms with Crippen LogP contribution in [0, 0.1) is 6.92 Å². The zero-order valence-electron chi connectivity index (χ0n) is 10.5. The topological polar surface area (TPSA) is 69.6 Å². The normalized spacial score (nSPS) is 11.4. The molecule has 0 saturated heterocycles. The lowest BCUT2D eigenvalue weighted by molar-refractivity contribution is 0.0653. The van der Waals surface area contributed by atoms with Gasteiger partial charge >= 0.3 is 0 Å². The third-order valence-electron chi connectivity index (χ3n) is 2.97. The highest BCUT2D eigenvalue weighted by molar-refractivity contribution is 9.10. The van der Waals surface area contributed by atoms with Gasteiger partial charge in [-0.2, -0.15) is 0 Å². The number of nitrogens with one attached hydrogen (secondary N) is 1. The Morgan fingerprint density at radius 2 is 1.94 bits per heavy atom. The Labute approximate surface area is 115 Å². The zero-order chi connectivity index (χ0) is 13.8. The van der Waals surface area contributed by atoms with Crippen molar-refractivity contribution in [2.24, 2.45) is 0 Å². The molecular formula is C13H18BrNO3. The molecule has 1 amide bonds. The minimum absolute atomic E-state index is 0.293. The zero-order valence-corrected chi connectivity index (χ0v) is 12.1. The van der Waals surface area contributed by atoms with Crippen molar-refractivity contribution < 1.29 is 15.0 Å². The quantitative estimate of drug-likeness (QED) is 0.773. The molecule has 0 atom stereocenters. The van der Waals surface area contributed by atoms with Crippen LogP contribution < -0.4 is 5.32 Å². The van der Waals surface area contributed by atoms with Crippen molar-refractivity contribution in [1.82, 2.24) is 5.32 Å². The van der Waals surface area contributed by atoms with Gasteiger partial charge in [-0.3, -0.25) is 4.79 Å². The van der Waals surface area contributed by atoms with E-state index in [0.29, 0.717) is 12.0 Å². The van der Waals surface area contributed by atoms with Gasteiger partial charge in [-0.1, -0.05) is 22.9 Å². The summed E-state index contributed by atoms with van der Waals surface area (Å²) < 4.78 is 0.822. The maximum Gasteiger partial charge on any atom is 0.251 e. The maximum absolute atomic E-state index is 12.1. The molecule has 18 heavy (non-hydrogen) atoms. The number of aliphatic hydroxyl groups is 2. The first-order chi connectivity index (χ1) is 8.46. The minimum Gasteiger partial charge on any atom is -0.394 e. The highest BCUT2D eigenvalue weighted by Gasteiger charge is 2.28. The van der Waals surface area contributed by atoms with Crippen LogP contribution in [-0.4, -0.2) is 34.9 Å². The van der Waals surface area contributed by atoms with E-state index in [-0.39, 0.29) is 19.1 Å². The molecule has 100 valence electrons. The van der Waals surface area contributed by atoms with E-state index in [0.717, 1.165) is 10.0 Å². The maximum atomic E-state index is 12.1. The van der Waals surface area contributed by atoms with Crippen molar-refractivity contribution in [3.05, 3.63) is 33.8 Å². The molecule has 5 heteroatoms. The molecule has 0 saturated carbocycles. The first-order valence-electron chi connectivity index (χ1n) is 5.78. The largest absolute Gasteiger partial charge is 0.394 e. The lowest BCUT2D eigenvalue weighted by atomic mass is 9.97. The predicted molar refractivity (Wildman–Crippen MR) is 73.5 cm³/mol. The van der Waals surface area contributed by atoms with E-state index in [1.807, 2.05) is 13.0 Å². The van der Waals surface area contributed by atoms with Crippen LogP contribution in [0.4, 0.5) is 0 Å². The van der Waals surface area contributed by atoms with Gasteiger partial charge in [0.1, 0.15) is 0 Å². The summed E-state index contributed by atoms with van der Waals surface area (Å²) in [5, 5.41) is 21.3. The number of aliphatic hydroxyl groups excluding tert-OH is 2. The van der Waals surface area contributed by atoms with Crippen LogP contribution in [0.3, 0.4) is 0 Å². The van der Waals surface area contributed by atoms with Crippen molar-refractivity contribution in [2.75, 3.05) is 13.2 Å². The van der Waals surface area contributed by atoms with Crippen molar-refractivity contribution in [2.45, 2.75) is 25.8 Å². The molecule has 4 nitrogen and oxygen atoms in total. The SMILES string of the molecule is CCC(CO)(CO)NC(=O)c1cc(C)cc(Br)c1. The number of amides is 1. The second kappa shape index (κ2) is 6.31. The third-order valence-corrected chi connectivity index (χ3v) is 3.42. The molecule has 0 fully saturated rings. The summed E-state index contributed by atoms with van der Waals surface area (Å²) >= 11 is 3.33. The Morgan fingerprint density at radius 3 is 2.39 bits per heavy atom. The molecule has 0 aromatic heterocycles. The van der Waals surface area contributed by atoms with Gasteiger partial charge in [-0.05, 0) is 37.1 Å². The molecule has 1 aromatic rings. The molecule has 3 N–H and O–H groups in total. The van der Waals surface area contributed by atoms with Gasteiger partial charge in [0.05, 0.1) is 18.8 Å². The van der Waals surface area contributed by atoms with Gasteiger partial charge in [0.2, 0.25) is 0 Å². The van der Waals surface area contributed by atoms with E-state index >= 15 is 0 Å². The second-order valence-corrected chi connectivity index (χ2v) is 5.34. The average Bonchev–Trinajstić information content (AvgIpc) is 2.35. The molecule has 1 rings (SSSR count). The van der Waals surface area contributed by atoms with Crippen molar-refractivity contribution in [3.8, 4) is 0 Å². The first kappa shape index (κ1) is 15.1.